The van der Waals surface area contributed by atoms with Crippen LogP contribution in [0.5, 0.6) is 0 Å². The molecule has 1 aliphatic carbocycles. The highest BCUT2D eigenvalue weighted by Crippen LogP contribution is 2.38. The maximum Gasteiger partial charge on any atom is 0.243 e. The van der Waals surface area contributed by atoms with Crippen molar-refractivity contribution in [2.75, 3.05) is 14.2 Å². The molecule has 96 valence electrons. The van der Waals surface area contributed by atoms with Gasteiger partial charge in [0.1, 0.15) is 5.60 Å². The van der Waals surface area contributed by atoms with Gasteiger partial charge in [-0.3, -0.25) is 0 Å². The Labute approximate surface area is 102 Å². The minimum atomic E-state index is -0.326. The maximum atomic E-state index is 5.69. The highest BCUT2D eigenvalue weighted by atomic mass is 16.5. The number of hydrogen-bond donors (Lipinski definition) is 1. The number of hydrogen-bond acceptors (Lipinski definition) is 5. The highest BCUT2D eigenvalue weighted by molar-refractivity contribution is 5.04. The van der Waals surface area contributed by atoms with E-state index in [2.05, 4.69) is 15.5 Å². The summed E-state index contributed by atoms with van der Waals surface area (Å²) in [5.41, 5.74) is -0.326. The lowest BCUT2D eigenvalue weighted by Gasteiger charge is -2.32. The van der Waals surface area contributed by atoms with Crippen LogP contribution >= 0.6 is 0 Å². The number of ether oxygens (including phenoxy) is 1. The van der Waals surface area contributed by atoms with Gasteiger partial charge in [0, 0.05) is 7.11 Å². The van der Waals surface area contributed by atoms with Crippen LogP contribution in [0, 0.1) is 0 Å². The number of aromatic nitrogens is 2. The quantitative estimate of drug-likeness (QED) is 0.872. The van der Waals surface area contributed by atoms with E-state index in [1.165, 1.54) is 19.3 Å². The summed E-state index contributed by atoms with van der Waals surface area (Å²) in [7, 11) is 3.62. The summed E-state index contributed by atoms with van der Waals surface area (Å²) in [5, 5.41) is 7.19. The molecule has 0 saturated heterocycles. The summed E-state index contributed by atoms with van der Waals surface area (Å²) in [6.45, 7) is 2.00. The van der Waals surface area contributed by atoms with Crippen LogP contribution in [0.25, 0.3) is 0 Å². The van der Waals surface area contributed by atoms with E-state index >= 15 is 0 Å². The van der Waals surface area contributed by atoms with Crippen LogP contribution in [0.4, 0.5) is 0 Å². The van der Waals surface area contributed by atoms with Gasteiger partial charge in [-0.2, -0.15) is 4.98 Å². The third-order valence-electron chi connectivity index (χ3n) is 3.70. The normalized spacial score (nSPS) is 21.4. The van der Waals surface area contributed by atoms with Gasteiger partial charge < -0.3 is 14.6 Å². The molecular weight excluding hydrogens is 218 g/mol. The third-order valence-corrected chi connectivity index (χ3v) is 3.70. The van der Waals surface area contributed by atoms with Gasteiger partial charge in [0.2, 0.25) is 11.7 Å². The van der Waals surface area contributed by atoms with Gasteiger partial charge in [-0.1, -0.05) is 24.4 Å². The Hall–Kier alpha value is -0.940. The summed E-state index contributed by atoms with van der Waals surface area (Å²) >= 11 is 0. The topological polar surface area (TPSA) is 60.2 Å². The molecule has 1 unspecified atom stereocenters. The Morgan fingerprint density at radius 1 is 1.35 bits per heavy atom. The van der Waals surface area contributed by atoms with E-state index < -0.39 is 0 Å². The fraction of sp³-hybridized carbons (Fsp3) is 0.833. The summed E-state index contributed by atoms with van der Waals surface area (Å²) in [6, 6.07) is 0.0775. The zero-order chi connectivity index (χ0) is 12.3. The first-order chi connectivity index (χ1) is 8.22. The molecule has 2 rings (SSSR count). The minimum Gasteiger partial charge on any atom is -0.370 e. The Morgan fingerprint density at radius 3 is 2.65 bits per heavy atom. The lowest BCUT2D eigenvalue weighted by atomic mass is 9.84. The highest BCUT2D eigenvalue weighted by Gasteiger charge is 2.38. The zero-order valence-corrected chi connectivity index (χ0v) is 10.8. The molecule has 1 atom stereocenters. The molecule has 0 bridgehead atoms. The molecule has 17 heavy (non-hydrogen) atoms. The SMILES string of the molecule is CNC(C)c1nc(C2(OC)CCCCC2)no1. The molecule has 1 N–H and O–H groups in total. The van der Waals surface area contributed by atoms with E-state index in [0.29, 0.717) is 11.7 Å². The Morgan fingerprint density at radius 2 is 2.06 bits per heavy atom. The molecule has 0 spiro atoms. The minimum absolute atomic E-state index is 0.0775. The molecule has 5 nitrogen and oxygen atoms in total. The van der Waals surface area contributed by atoms with Crippen molar-refractivity contribution in [2.24, 2.45) is 0 Å². The van der Waals surface area contributed by atoms with E-state index in [9.17, 15) is 0 Å². The first-order valence-electron chi connectivity index (χ1n) is 6.28. The molecular formula is C12H21N3O2. The lowest BCUT2D eigenvalue weighted by Crippen LogP contribution is -2.32. The third kappa shape index (κ3) is 2.35. The van der Waals surface area contributed by atoms with Crippen LogP contribution < -0.4 is 5.32 Å². The second kappa shape index (κ2) is 5.14. The van der Waals surface area contributed by atoms with Gasteiger partial charge in [-0.25, -0.2) is 0 Å². The molecule has 0 amide bonds. The van der Waals surface area contributed by atoms with Crippen LogP contribution in [0.1, 0.15) is 56.8 Å². The van der Waals surface area contributed by atoms with Crippen molar-refractivity contribution in [3.8, 4) is 0 Å². The van der Waals surface area contributed by atoms with Crippen molar-refractivity contribution < 1.29 is 9.26 Å². The van der Waals surface area contributed by atoms with E-state index in [4.69, 9.17) is 9.26 Å². The van der Waals surface area contributed by atoms with Crippen molar-refractivity contribution in [1.29, 1.82) is 0 Å². The van der Waals surface area contributed by atoms with Crippen molar-refractivity contribution in [3.05, 3.63) is 11.7 Å². The predicted molar refractivity (Wildman–Crippen MR) is 63.5 cm³/mol. The number of nitrogens with zero attached hydrogens (tertiary/aromatic N) is 2. The summed E-state index contributed by atoms with van der Waals surface area (Å²) < 4.78 is 11.0. The molecule has 1 aromatic heterocycles. The molecule has 1 aromatic rings. The predicted octanol–water partition coefficient (Wildman–Crippen LogP) is 2.16. The standard InChI is InChI=1S/C12H21N3O2/c1-9(13-2)10-14-11(15-17-10)12(16-3)7-5-4-6-8-12/h9,13H,4-8H2,1-3H3. The monoisotopic (exact) mass is 239 g/mol. The molecule has 1 heterocycles. The van der Waals surface area contributed by atoms with Gasteiger partial charge in [0.25, 0.3) is 0 Å². The van der Waals surface area contributed by atoms with Crippen molar-refractivity contribution >= 4 is 0 Å². The van der Waals surface area contributed by atoms with Gasteiger partial charge in [0.15, 0.2) is 0 Å². The van der Waals surface area contributed by atoms with Crippen LogP contribution in [-0.2, 0) is 10.3 Å². The van der Waals surface area contributed by atoms with Crippen LogP contribution in [0.2, 0.25) is 0 Å². The van der Waals surface area contributed by atoms with Crippen molar-refractivity contribution in [1.82, 2.24) is 15.5 Å². The van der Waals surface area contributed by atoms with E-state index in [0.717, 1.165) is 12.8 Å². The van der Waals surface area contributed by atoms with Crippen LogP contribution in [0.3, 0.4) is 0 Å². The maximum absolute atomic E-state index is 5.69. The zero-order valence-electron chi connectivity index (χ0n) is 10.8. The van der Waals surface area contributed by atoms with Crippen LogP contribution in [0.15, 0.2) is 4.52 Å². The Kier molecular flexibility index (Phi) is 3.79. The van der Waals surface area contributed by atoms with Gasteiger partial charge in [0.05, 0.1) is 6.04 Å². The van der Waals surface area contributed by atoms with Crippen LogP contribution in [-0.4, -0.2) is 24.3 Å². The second-order valence-electron chi connectivity index (χ2n) is 4.73. The van der Waals surface area contributed by atoms with E-state index in [1.807, 2.05) is 14.0 Å². The van der Waals surface area contributed by atoms with Gasteiger partial charge >= 0.3 is 0 Å². The van der Waals surface area contributed by atoms with Crippen molar-refractivity contribution in [3.63, 3.8) is 0 Å². The average molecular weight is 239 g/mol. The molecule has 5 heteroatoms. The van der Waals surface area contributed by atoms with Gasteiger partial charge in [-0.15, -0.1) is 0 Å². The molecule has 0 aliphatic heterocycles. The fourth-order valence-corrected chi connectivity index (χ4v) is 2.36. The molecule has 1 aliphatic rings. The molecule has 0 aromatic carbocycles. The smallest absolute Gasteiger partial charge is 0.243 e. The Balaban J connectivity index is 2.22. The summed E-state index contributed by atoms with van der Waals surface area (Å²) in [6.07, 6.45) is 5.56. The number of rotatable bonds is 4. The second-order valence-corrected chi connectivity index (χ2v) is 4.73. The largest absolute Gasteiger partial charge is 0.370 e. The molecule has 1 fully saturated rings. The molecule has 0 radical (unpaired) electrons. The van der Waals surface area contributed by atoms with E-state index in [-0.39, 0.29) is 11.6 Å². The first-order valence-corrected chi connectivity index (χ1v) is 6.28. The average Bonchev–Trinajstić information content (AvgIpc) is 2.88. The lowest BCUT2D eigenvalue weighted by molar-refractivity contribution is -0.0527. The molecule has 1 saturated carbocycles. The number of nitrogens with one attached hydrogen (secondary N) is 1. The summed E-state index contributed by atoms with van der Waals surface area (Å²) in [4.78, 5) is 4.48. The van der Waals surface area contributed by atoms with Crippen molar-refractivity contribution in [2.45, 2.75) is 50.7 Å². The number of methoxy groups -OCH3 is 1. The fourth-order valence-electron chi connectivity index (χ4n) is 2.36. The first kappa shape index (κ1) is 12.5. The van der Waals surface area contributed by atoms with E-state index in [1.54, 1.807) is 7.11 Å². The summed E-state index contributed by atoms with van der Waals surface area (Å²) in [5.74, 6) is 1.33. The Bertz CT molecular complexity index is 358. The van der Waals surface area contributed by atoms with Gasteiger partial charge in [-0.05, 0) is 26.8 Å².